The monoisotopic (exact) mass is 259 g/mol. The van der Waals surface area contributed by atoms with Gasteiger partial charge in [-0.05, 0) is 36.6 Å². The molecule has 0 atom stereocenters. The summed E-state index contributed by atoms with van der Waals surface area (Å²) in [5.41, 5.74) is 4.00. The number of nitrogens with one attached hydrogen (secondary N) is 1. The first-order chi connectivity index (χ1) is 9.42. The Labute approximate surface area is 112 Å². The number of benzene rings is 1. The Kier molecular flexibility index (Phi) is 3.63. The summed E-state index contributed by atoms with van der Waals surface area (Å²) < 4.78 is 10.6. The van der Waals surface area contributed by atoms with Crippen molar-refractivity contribution in [1.82, 2.24) is 5.43 Å². The van der Waals surface area contributed by atoms with Crippen LogP contribution >= 0.6 is 0 Å². The minimum atomic E-state index is 0.297. The lowest BCUT2D eigenvalue weighted by Crippen LogP contribution is -2.17. The fraction of sp³-hybridized carbons (Fsp3) is 0.429. The minimum Gasteiger partial charge on any atom is -0.454 e. The number of fused-ring (bicyclic) bond motifs is 1. The van der Waals surface area contributed by atoms with Crippen LogP contribution in [-0.2, 0) is 0 Å². The number of aliphatic imine (C=N–C) groups is 1. The van der Waals surface area contributed by atoms with Gasteiger partial charge in [-0.15, -0.1) is 0 Å². The Morgan fingerprint density at radius 3 is 3.11 bits per heavy atom. The highest BCUT2D eigenvalue weighted by atomic mass is 16.7. The Bertz CT molecular complexity index is 511. The van der Waals surface area contributed by atoms with Crippen molar-refractivity contribution < 1.29 is 9.47 Å². The predicted octanol–water partition coefficient (Wildman–Crippen LogP) is 2.31. The highest BCUT2D eigenvalue weighted by Gasteiger charge is 2.12. The molecule has 0 spiro atoms. The lowest BCUT2D eigenvalue weighted by molar-refractivity contribution is 0.174. The second-order valence-corrected chi connectivity index (χ2v) is 4.62. The first-order valence-electron chi connectivity index (χ1n) is 6.64. The molecule has 1 N–H and O–H groups in total. The third kappa shape index (κ3) is 3.05. The van der Waals surface area contributed by atoms with E-state index in [0.29, 0.717) is 6.79 Å². The second kappa shape index (κ2) is 5.73. The zero-order valence-electron chi connectivity index (χ0n) is 10.8. The van der Waals surface area contributed by atoms with Crippen LogP contribution in [0.1, 0.15) is 31.2 Å². The van der Waals surface area contributed by atoms with E-state index in [-0.39, 0.29) is 0 Å². The van der Waals surface area contributed by atoms with Crippen molar-refractivity contribution in [1.29, 1.82) is 0 Å². The molecule has 0 unspecified atom stereocenters. The van der Waals surface area contributed by atoms with Gasteiger partial charge in [0.05, 0.1) is 6.21 Å². The normalized spacial score (nSPS) is 18.2. The number of hydrazone groups is 1. The van der Waals surface area contributed by atoms with Crippen molar-refractivity contribution >= 4 is 12.1 Å². The van der Waals surface area contributed by atoms with Crippen LogP contribution in [0.4, 0.5) is 0 Å². The molecular weight excluding hydrogens is 242 g/mol. The lowest BCUT2D eigenvalue weighted by Gasteiger charge is -2.02. The van der Waals surface area contributed by atoms with Gasteiger partial charge in [0.2, 0.25) is 6.79 Å². The molecule has 0 saturated carbocycles. The van der Waals surface area contributed by atoms with Crippen LogP contribution in [0, 0.1) is 0 Å². The Balaban J connectivity index is 1.61. The van der Waals surface area contributed by atoms with Crippen molar-refractivity contribution in [3.05, 3.63) is 23.8 Å². The molecule has 2 heterocycles. The first kappa shape index (κ1) is 12.0. The molecule has 0 saturated heterocycles. The van der Waals surface area contributed by atoms with Crippen molar-refractivity contribution in [3.8, 4) is 11.5 Å². The van der Waals surface area contributed by atoms with E-state index in [1.54, 1.807) is 6.21 Å². The Morgan fingerprint density at radius 1 is 1.16 bits per heavy atom. The van der Waals surface area contributed by atoms with E-state index >= 15 is 0 Å². The summed E-state index contributed by atoms with van der Waals surface area (Å²) in [4.78, 5) is 4.46. The standard InChI is InChI=1S/C14H17N3O2/c1-2-4-14(15-7-3-1)17-16-9-11-5-6-12-13(8-11)19-10-18-12/h5-6,8-9H,1-4,7,10H2,(H,15,17)/b16-9+. The predicted molar refractivity (Wildman–Crippen MR) is 74.1 cm³/mol. The Morgan fingerprint density at radius 2 is 2.11 bits per heavy atom. The second-order valence-electron chi connectivity index (χ2n) is 4.62. The maximum atomic E-state index is 5.32. The molecule has 0 amide bonds. The van der Waals surface area contributed by atoms with Gasteiger partial charge in [-0.1, -0.05) is 6.42 Å². The van der Waals surface area contributed by atoms with Crippen LogP contribution in [0.15, 0.2) is 28.3 Å². The van der Waals surface area contributed by atoms with Gasteiger partial charge in [-0.3, -0.25) is 10.4 Å². The van der Waals surface area contributed by atoms with E-state index < -0.39 is 0 Å². The molecule has 5 nitrogen and oxygen atoms in total. The average Bonchev–Trinajstić information content (AvgIpc) is 2.74. The van der Waals surface area contributed by atoms with Gasteiger partial charge >= 0.3 is 0 Å². The van der Waals surface area contributed by atoms with Gasteiger partial charge in [-0.25, -0.2) is 0 Å². The molecule has 0 bridgehead atoms. The molecule has 2 aliphatic heterocycles. The smallest absolute Gasteiger partial charge is 0.231 e. The van der Waals surface area contributed by atoms with E-state index in [0.717, 1.165) is 35.9 Å². The van der Waals surface area contributed by atoms with Crippen LogP contribution in [0.25, 0.3) is 0 Å². The van der Waals surface area contributed by atoms with Gasteiger partial charge in [0.1, 0.15) is 5.84 Å². The highest BCUT2D eigenvalue weighted by molar-refractivity contribution is 5.85. The van der Waals surface area contributed by atoms with Gasteiger partial charge in [0.15, 0.2) is 11.5 Å². The van der Waals surface area contributed by atoms with Crippen LogP contribution in [0.2, 0.25) is 0 Å². The molecule has 3 rings (SSSR count). The molecule has 2 aliphatic rings. The number of hydrogen-bond acceptors (Lipinski definition) is 5. The van der Waals surface area contributed by atoms with E-state index in [2.05, 4.69) is 15.5 Å². The summed E-state index contributed by atoms with van der Waals surface area (Å²) in [5, 5.41) is 4.23. The zero-order valence-corrected chi connectivity index (χ0v) is 10.8. The number of rotatable bonds is 2. The fourth-order valence-corrected chi connectivity index (χ4v) is 2.14. The third-order valence-electron chi connectivity index (χ3n) is 3.18. The maximum absolute atomic E-state index is 5.32. The summed E-state index contributed by atoms with van der Waals surface area (Å²) in [6.45, 7) is 1.20. The molecule has 0 radical (unpaired) electrons. The Hall–Kier alpha value is -2.04. The summed E-state index contributed by atoms with van der Waals surface area (Å²) in [6.07, 6.45) is 6.37. The SMILES string of the molecule is C(=N\NC1=NCCCCC1)/c1ccc2c(c1)OCO2. The largest absolute Gasteiger partial charge is 0.454 e. The van der Waals surface area contributed by atoms with Gasteiger partial charge in [0, 0.05) is 13.0 Å². The van der Waals surface area contributed by atoms with Crippen LogP contribution in [0.3, 0.4) is 0 Å². The molecule has 0 fully saturated rings. The van der Waals surface area contributed by atoms with Gasteiger partial charge in [0.25, 0.3) is 0 Å². The fourth-order valence-electron chi connectivity index (χ4n) is 2.14. The van der Waals surface area contributed by atoms with E-state index in [1.807, 2.05) is 18.2 Å². The van der Waals surface area contributed by atoms with Crippen molar-refractivity contribution in [3.63, 3.8) is 0 Å². The molecule has 5 heteroatoms. The molecule has 1 aromatic carbocycles. The quantitative estimate of drug-likeness (QED) is 0.655. The van der Waals surface area contributed by atoms with E-state index in [4.69, 9.17) is 9.47 Å². The molecule has 0 aliphatic carbocycles. The van der Waals surface area contributed by atoms with Crippen LogP contribution in [0.5, 0.6) is 11.5 Å². The van der Waals surface area contributed by atoms with Crippen molar-refractivity contribution in [2.24, 2.45) is 10.1 Å². The van der Waals surface area contributed by atoms with Crippen molar-refractivity contribution in [2.45, 2.75) is 25.7 Å². The zero-order chi connectivity index (χ0) is 12.9. The summed E-state index contributed by atoms with van der Waals surface area (Å²) in [6, 6.07) is 5.77. The number of amidine groups is 1. The molecule has 0 aromatic heterocycles. The van der Waals surface area contributed by atoms with E-state index in [9.17, 15) is 0 Å². The lowest BCUT2D eigenvalue weighted by atomic mass is 10.2. The number of ether oxygens (including phenoxy) is 2. The van der Waals surface area contributed by atoms with Gasteiger partial charge < -0.3 is 9.47 Å². The topological polar surface area (TPSA) is 55.2 Å². The average molecular weight is 259 g/mol. The number of nitrogens with zero attached hydrogens (tertiary/aromatic N) is 2. The molecule has 100 valence electrons. The minimum absolute atomic E-state index is 0.297. The summed E-state index contributed by atoms with van der Waals surface area (Å²) in [7, 11) is 0. The third-order valence-corrected chi connectivity index (χ3v) is 3.18. The maximum Gasteiger partial charge on any atom is 0.231 e. The van der Waals surface area contributed by atoms with Gasteiger partial charge in [-0.2, -0.15) is 5.10 Å². The number of hydrogen-bond donors (Lipinski definition) is 1. The molecule has 19 heavy (non-hydrogen) atoms. The molecular formula is C14H17N3O2. The summed E-state index contributed by atoms with van der Waals surface area (Å²) in [5.74, 6) is 2.54. The van der Waals surface area contributed by atoms with E-state index in [1.165, 1.54) is 19.3 Å². The summed E-state index contributed by atoms with van der Waals surface area (Å²) >= 11 is 0. The molecule has 1 aromatic rings. The van der Waals surface area contributed by atoms with Crippen molar-refractivity contribution in [2.75, 3.05) is 13.3 Å². The highest BCUT2D eigenvalue weighted by Crippen LogP contribution is 2.31. The first-order valence-corrected chi connectivity index (χ1v) is 6.64. The van der Waals surface area contributed by atoms with Crippen LogP contribution in [-0.4, -0.2) is 25.4 Å². The van der Waals surface area contributed by atoms with Crippen LogP contribution < -0.4 is 14.9 Å².